The third-order valence-corrected chi connectivity index (χ3v) is 6.81. The van der Waals surface area contributed by atoms with Crippen molar-refractivity contribution in [3.63, 3.8) is 0 Å². The number of halogens is 2. The van der Waals surface area contributed by atoms with Gasteiger partial charge in [-0.3, -0.25) is 4.79 Å². The van der Waals surface area contributed by atoms with E-state index in [2.05, 4.69) is 29.0 Å². The van der Waals surface area contributed by atoms with E-state index in [0.29, 0.717) is 34.2 Å². The van der Waals surface area contributed by atoms with Crippen LogP contribution in [0.4, 0.5) is 0 Å². The van der Waals surface area contributed by atoms with Crippen LogP contribution in [-0.2, 0) is 6.42 Å². The first-order chi connectivity index (χ1) is 13.5. The number of piperidine rings is 1. The van der Waals surface area contributed by atoms with Crippen LogP contribution < -0.4 is 0 Å². The molecule has 0 aromatic heterocycles. The molecule has 2 saturated heterocycles. The molecule has 2 aliphatic rings. The zero-order valence-electron chi connectivity index (χ0n) is 16.2. The summed E-state index contributed by atoms with van der Waals surface area (Å²) in [5.41, 5.74) is 1.83. The van der Waals surface area contributed by atoms with Gasteiger partial charge in [0.2, 0.25) is 0 Å². The maximum atomic E-state index is 13.5. The molecule has 2 unspecified atom stereocenters. The molecule has 0 spiro atoms. The molecule has 0 aliphatic carbocycles. The second kappa shape index (κ2) is 8.44. The Morgan fingerprint density at radius 1 is 1.04 bits per heavy atom. The predicted octanol–water partition coefficient (Wildman–Crippen LogP) is 5.30. The van der Waals surface area contributed by atoms with Crippen molar-refractivity contribution in [3.05, 3.63) is 69.7 Å². The fourth-order valence-electron chi connectivity index (χ4n) is 4.82. The van der Waals surface area contributed by atoms with E-state index in [1.807, 2.05) is 18.2 Å². The minimum absolute atomic E-state index is 0.0364. The maximum Gasteiger partial charge on any atom is 0.254 e. The average molecular weight is 417 g/mol. The number of hydrogen-bond donors (Lipinski definition) is 0. The van der Waals surface area contributed by atoms with E-state index < -0.39 is 0 Å². The van der Waals surface area contributed by atoms with Crippen LogP contribution in [0.2, 0.25) is 10.0 Å². The first-order valence-electron chi connectivity index (χ1n) is 10.0. The number of nitrogens with zero attached hydrogens (tertiary/aromatic N) is 2. The van der Waals surface area contributed by atoms with Gasteiger partial charge in [0, 0.05) is 40.3 Å². The fraction of sp³-hybridized carbons (Fsp3) is 0.435. The number of rotatable bonds is 5. The van der Waals surface area contributed by atoms with E-state index in [4.69, 9.17) is 23.2 Å². The molecular weight excluding hydrogens is 391 g/mol. The highest BCUT2D eigenvalue weighted by atomic mass is 35.5. The summed E-state index contributed by atoms with van der Waals surface area (Å²) in [6, 6.07) is 16.9. The molecule has 5 heteroatoms. The summed E-state index contributed by atoms with van der Waals surface area (Å²) in [6.45, 7) is 0.709. The van der Waals surface area contributed by atoms with E-state index >= 15 is 0 Å². The van der Waals surface area contributed by atoms with Gasteiger partial charge in [0.15, 0.2) is 0 Å². The molecule has 2 aromatic rings. The van der Waals surface area contributed by atoms with Gasteiger partial charge >= 0.3 is 0 Å². The molecule has 0 N–H and O–H groups in total. The number of amides is 1. The largest absolute Gasteiger partial charge is 0.335 e. The Balaban J connectivity index is 1.58. The first-order valence-corrected chi connectivity index (χ1v) is 10.8. The molecule has 2 heterocycles. The molecule has 148 valence electrons. The normalized spacial score (nSPS) is 24.3. The molecule has 28 heavy (non-hydrogen) atoms. The topological polar surface area (TPSA) is 23.6 Å². The summed E-state index contributed by atoms with van der Waals surface area (Å²) in [5.74, 6) is 0.0364. The number of benzene rings is 2. The second-order valence-electron chi connectivity index (χ2n) is 8.07. The van der Waals surface area contributed by atoms with Crippen LogP contribution in [-0.4, -0.2) is 47.4 Å². The van der Waals surface area contributed by atoms with E-state index in [9.17, 15) is 4.79 Å². The lowest BCUT2D eigenvalue weighted by Gasteiger charge is -2.42. The van der Waals surface area contributed by atoms with Crippen LogP contribution in [0.15, 0.2) is 48.5 Å². The molecule has 2 atom stereocenters. The standard InChI is InChI=1S/C23H26Cl2N2O/c1-26-20-7-8-21(26)15-22(14-20)27(10-9-16-5-3-2-4-6-16)23(28)17-11-18(24)13-19(25)12-17/h2-6,11-13,20-22H,7-10,14-15H2,1H3. The van der Waals surface area contributed by atoms with Crippen molar-refractivity contribution in [1.82, 2.24) is 9.80 Å². The maximum absolute atomic E-state index is 13.5. The minimum atomic E-state index is 0.0364. The SMILES string of the molecule is CN1C2CCC1CC(N(CCc1ccccc1)C(=O)c1cc(Cl)cc(Cl)c1)C2. The predicted molar refractivity (Wildman–Crippen MR) is 115 cm³/mol. The van der Waals surface area contributed by atoms with Crippen molar-refractivity contribution in [2.45, 2.75) is 50.2 Å². The van der Waals surface area contributed by atoms with Crippen molar-refractivity contribution in [1.29, 1.82) is 0 Å². The van der Waals surface area contributed by atoms with E-state index in [-0.39, 0.29) is 11.9 Å². The minimum Gasteiger partial charge on any atom is -0.335 e. The zero-order valence-corrected chi connectivity index (χ0v) is 17.7. The van der Waals surface area contributed by atoms with Crippen LogP contribution in [0.25, 0.3) is 0 Å². The molecule has 2 aliphatic heterocycles. The summed E-state index contributed by atoms with van der Waals surface area (Å²) in [4.78, 5) is 18.1. The molecule has 0 radical (unpaired) electrons. The lowest BCUT2D eigenvalue weighted by Crippen LogP contribution is -2.51. The van der Waals surface area contributed by atoms with Gasteiger partial charge in [0.25, 0.3) is 5.91 Å². The number of carbonyl (C=O) groups excluding carboxylic acids is 1. The molecule has 2 aromatic carbocycles. The van der Waals surface area contributed by atoms with Gasteiger partial charge in [0.1, 0.15) is 0 Å². The van der Waals surface area contributed by atoms with Gasteiger partial charge < -0.3 is 9.80 Å². The highest BCUT2D eigenvalue weighted by Crippen LogP contribution is 2.37. The van der Waals surface area contributed by atoms with Crippen LogP contribution >= 0.6 is 23.2 Å². The highest BCUT2D eigenvalue weighted by Gasteiger charge is 2.41. The van der Waals surface area contributed by atoms with E-state index in [1.165, 1.54) is 18.4 Å². The summed E-state index contributed by atoms with van der Waals surface area (Å²) in [6.07, 6.45) is 5.41. The third kappa shape index (κ3) is 4.22. The van der Waals surface area contributed by atoms with Gasteiger partial charge in [0.05, 0.1) is 0 Å². The Morgan fingerprint density at radius 3 is 2.25 bits per heavy atom. The average Bonchev–Trinajstić information content (AvgIpc) is 2.89. The van der Waals surface area contributed by atoms with Crippen LogP contribution in [0.3, 0.4) is 0 Å². The van der Waals surface area contributed by atoms with Crippen LogP contribution in [0, 0.1) is 0 Å². The highest BCUT2D eigenvalue weighted by molar-refractivity contribution is 6.35. The quantitative estimate of drug-likeness (QED) is 0.659. The number of hydrogen-bond acceptors (Lipinski definition) is 2. The molecular formula is C23H26Cl2N2O. The Labute approximate surface area is 177 Å². The van der Waals surface area contributed by atoms with Crippen molar-refractivity contribution >= 4 is 29.1 Å². The Bertz CT molecular complexity index is 808. The van der Waals surface area contributed by atoms with Crippen molar-refractivity contribution in [2.75, 3.05) is 13.6 Å². The van der Waals surface area contributed by atoms with Gasteiger partial charge in [-0.05, 0) is 62.9 Å². The molecule has 2 fully saturated rings. The monoisotopic (exact) mass is 416 g/mol. The molecule has 2 bridgehead atoms. The molecule has 1 amide bonds. The molecule has 0 saturated carbocycles. The fourth-order valence-corrected chi connectivity index (χ4v) is 5.35. The molecule has 3 nitrogen and oxygen atoms in total. The number of carbonyl (C=O) groups is 1. The zero-order chi connectivity index (χ0) is 19.7. The Morgan fingerprint density at radius 2 is 1.64 bits per heavy atom. The van der Waals surface area contributed by atoms with E-state index in [0.717, 1.165) is 19.3 Å². The van der Waals surface area contributed by atoms with Gasteiger partial charge in [-0.2, -0.15) is 0 Å². The smallest absolute Gasteiger partial charge is 0.254 e. The second-order valence-corrected chi connectivity index (χ2v) is 8.94. The third-order valence-electron chi connectivity index (χ3n) is 6.37. The van der Waals surface area contributed by atoms with Crippen molar-refractivity contribution in [3.8, 4) is 0 Å². The van der Waals surface area contributed by atoms with Crippen molar-refractivity contribution < 1.29 is 4.79 Å². The van der Waals surface area contributed by atoms with E-state index in [1.54, 1.807) is 18.2 Å². The lowest BCUT2D eigenvalue weighted by atomic mass is 9.95. The van der Waals surface area contributed by atoms with Crippen LogP contribution in [0.5, 0.6) is 0 Å². The summed E-state index contributed by atoms with van der Waals surface area (Å²) >= 11 is 12.3. The van der Waals surface area contributed by atoms with Gasteiger partial charge in [-0.25, -0.2) is 0 Å². The van der Waals surface area contributed by atoms with Gasteiger partial charge in [-0.1, -0.05) is 53.5 Å². The Kier molecular flexibility index (Phi) is 5.96. The lowest BCUT2D eigenvalue weighted by molar-refractivity contribution is 0.0488. The summed E-state index contributed by atoms with van der Waals surface area (Å²) in [5, 5.41) is 1.00. The Hall–Kier alpha value is -1.55. The van der Waals surface area contributed by atoms with Crippen LogP contribution in [0.1, 0.15) is 41.6 Å². The summed E-state index contributed by atoms with van der Waals surface area (Å²) < 4.78 is 0. The van der Waals surface area contributed by atoms with Gasteiger partial charge in [-0.15, -0.1) is 0 Å². The first kappa shape index (κ1) is 19.8. The van der Waals surface area contributed by atoms with Crippen molar-refractivity contribution in [2.24, 2.45) is 0 Å². The molecule has 4 rings (SSSR count). The summed E-state index contributed by atoms with van der Waals surface area (Å²) in [7, 11) is 2.23. The number of fused-ring (bicyclic) bond motifs is 2.